The molecular weight excluding hydrogens is 463 g/mol. The molecule has 0 radical (unpaired) electrons. The fourth-order valence-electron chi connectivity index (χ4n) is 2.84. The largest absolute Gasteiger partial charge is 0.345 e. The Bertz CT molecular complexity index is 1160. The molecule has 10 heteroatoms. The minimum atomic E-state index is -0.910. The number of fused-ring (bicyclic) bond motifs is 1. The number of amides is 3. The van der Waals surface area contributed by atoms with Crippen LogP contribution in [-0.4, -0.2) is 28.4 Å². The highest BCUT2D eigenvalue weighted by atomic mass is 35.5. The van der Waals surface area contributed by atoms with Gasteiger partial charge in [0.15, 0.2) is 0 Å². The smallest absolute Gasteiger partial charge is 0.328 e. The summed E-state index contributed by atoms with van der Waals surface area (Å²) in [6.07, 6.45) is 0.666. The van der Waals surface area contributed by atoms with E-state index in [9.17, 15) is 14.4 Å². The standard InChI is InChI=1S/C21H19Cl3N4O3/c1-3-11(2)25-20(30)21(31)27-28-17-5-4-13(22)6-12(17)7-18(28)19(29)26-16-9-14(23)8-15(24)10-16/h4-11H,3H2,1-2H3,(H,25,30)(H,26,29)(H,27,31)/t11-/m0/s1. The lowest BCUT2D eigenvalue weighted by Crippen LogP contribution is -2.43. The Labute approximate surface area is 193 Å². The highest BCUT2D eigenvalue weighted by molar-refractivity contribution is 6.38. The van der Waals surface area contributed by atoms with E-state index in [1.807, 2.05) is 6.92 Å². The zero-order valence-corrected chi connectivity index (χ0v) is 18.9. The first kappa shape index (κ1) is 22.9. The molecule has 0 aliphatic heterocycles. The third-order valence-electron chi connectivity index (χ3n) is 4.53. The Morgan fingerprint density at radius 2 is 1.61 bits per heavy atom. The minimum Gasteiger partial charge on any atom is -0.345 e. The first-order valence-electron chi connectivity index (χ1n) is 9.38. The molecule has 0 unspecified atom stereocenters. The van der Waals surface area contributed by atoms with Crippen molar-refractivity contribution in [2.24, 2.45) is 0 Å². The van der Waals surface area contributed by atoms with Gasteiger partial charge in [-0.15, -0.1) is 0 Å². The lowest BCUT2D eigenvalue weighted by Gasteiger charge is -2.14. The van der Waals surface area contributed by atoms with Crippen molar-refractivity contribution in [3.05, 3.63) is 63.2 Å². The molecule has 1 heterocycles. The van der Waals surface area contributed by atoms with Gasteiger partial charge >= 0.3 is 11.8 Å². The zero-order valence-electron chi connectivity index (χ0n) is 16.6. The summed E-state index contributed by atoms with van der Waals surface area (Å²) in [6.45, 7) is 3.67. The molecule has 1 atom stereocenters. The van der Waals surface area contributed by atoms with Crippen molar-refractivity contribution in [2.45, 2.75) is 26.3 Å². The number of nitrogens with zero attached hydrogens (tertiary/aromatic N) is 1. The maximum absolute atomic E-state index is 13.0. The molecule has 2 aromatic carbocycles. The van der Waals surface area contributed by atoms with Gasteiger partial charge in [-0.2, -0.15) is 0 Å². The molecule has 7 nitrogen and oxygen atoms in total. The normalized spacial score (nSPS) is 11.8. The highest BCUT2D eigenvalue weighted by Crippen LogP contribution is 2.25. The van der Waals surface area contributed by atoms with Crippen LogP contribution in [0.1, 0.15) is 30.8 Å². The molecule has 3 amide bonds. The number of aromatic nitrogens is 1. The molecule has 3 N–H and O–H groups in total. The second-order valence-corrected chi connectivity index (χ2v) is 8.21. The summed E-state index contributed by atoms with van der Waals surface area (Å²) < 4.78 is 1.24. The van der Waals surface area contributed by atoms with Gasteiger partial charge in [-0.3, -0.25) is 19.8 Å². The van der Waals surface area contributed by atoms with E-state index < -0.39 is 17.7 Å². The van der Waals surface area contributed by atoms with Crippen LogP contribution in [0.2, 0.25) is 15.1 Å². The van der Waals surface area contributed by atoms with E-state index in [1.54, 1.807) is 31.2 Å². The first-order chi connectivity index (χ1) is 14.7. The van der Waals surface area contributed by atoms with Gasteiger partial charge < -0.3 is 10.6 Å². The Balaban J connectivity index is 1.95. The minimum absolute atomic E-state index is 0.0815. The van der Waals surface area contributed by atoms with Crippen LogP contribution in [0, 0.1) is 0 Å². The predicted molar refractivity (Wildman–Crippen MR) is 124 cm³/mol. The maximum Gasteiger partial charge on any atom is 0.328 e. The second kappa shape index (κ2) is 9.60. The van der Waals surface area contributed by atoms with Gasteiger partial charge in [-0.25, -0.2) is 4.68 Å². The third-order valence-corrected chi connectivity index (χ3v) is 5.20. The molecule has 0 aliphatic carbocycles. The molecule has 0 saturated heterocycles. The summed E-state index contributed by atoms with van der Waals surface area (Å²) >= 11 is 18.0. The Hall–Kier alpha value is -2.74. The van der Waals surface area contributed by atoms with Gasteiger partial charge in [0.1, 0.15) is 5.69 Å². The summed E-state index contributed by atoms with van der Waals surface area (Å²) in [5.74, 6) is -2.26. The van der Waals surface area contributed by atoms with Crippen LogP contribution in [0.15, 0.2) is 42.5 Å². The molecule has 0 bridgehead atoms. The summed E-state index contributed by atoms with van der Waals surface area (Å²) in [6, 6.07) is 10.9. The fraction of sp³-hybridized carbons (Fsp3) is 0.190. The van der Waals surface area contributed by atoms with E-state index in [2.05, 4.69) is 16.1 Å². The fourth-order valence-corrected chi connectivity index (χ4v) is 3.55. The number of carbonyl (C=O) groups excluding carboxylic acids is 3. The number of anilines is 1. The Kier molecular flexibility index (Phi) is 7.10. The van der Waals surface area contributed by atoms with Crippen LogP contribution in [0.3, 0.4) is 0 Å². The average molecular weight is 482 g/mol. The number of hydrogen-bond acceptors (Lipinski definition) is 3. The maximum atomic E-state index is 13.0. The van der Waals surface area contributed by atoms with Crippen LogP contribution in [0.25, 0.3) is 10.9 Å². The highest BCUT2D eigenvalue weighted by Gasteiger charge is 2.22. The molecule has 162 valence electrons. The van der Waals surface area contributed by atoms with Crippen molar-refractivity contribution >= 4 is 69.1 Å². The molecule has 1 aromatic heterocycles. The van der Waals surface area contributed by atoms with Gasteiger partial charge in [-0.1, -0.05) is 41.7 Å². The Morgan fingerprint density at radius 3 is 2.26 bits per heavy atom. The van der Waals surface area contributed by atoms with Crippen LogP contribution >= 0.6 is 34.8 Å². The lowest BCUT2D eigenvalue weighted by molar-refractivity contribution is -0.137. The zero-order chi connectivity index (χ0) is 22.7. The van der Waals surface area contributed by atoms with E-state index in [0.29, 0.717) is 38.1 Å². The van der Waals surface area contributed by atoms with E-state index in [1.165, 1.54) is 22.9 Å². The number of hydrogen-bond donors (Lipinski definition) is 3. The van der Waals surface area contributed by atoms with Crippen molar-refractivity contribution in [3.8, 4) is 0 Å². The van der Waals surface area contributed by atoms with Crippen LogP contribution in [-0.2, 0) is 9.59 Å². The molecule has 0 saturated carbocycles. The second-order valence-electron chi connectivity index (χ2n) is 6.90. The van der Waals surface area contributed by atoms with Crippen molar-refractivity contribution in [1.29, 1.82) is 0 Å². The molecular formula is C21H19Cl3N4O3. The topological polar surface area (TPSA) is 92.2 Å². The van der Waals surface area contributed by atoms with Gasteiger partial charge in [0.2, 0.25) is 0 Å². The number of rotatable bonds is 5. The SMILES string of the molecule is CC[C@H](C)NC(=O)C(=O)Nn1c(C(=O)Nc2cc(Cl)cc(Cl)c2)cc2cc(Cl)ccc21. The van der Waals surface area contributed by atoms with Crippen LogP contribution in [0.5, 0.6) is 0 Å². The Morgan fingerprint density at radius 1 is 0.935 bits per heavy atom. The number of halogens is 3. The van der Waals surface area contributed by atoms with Crippen LogP contribution in [0.4, 0.5) is 5.69 Å². The third kappa shape index (κ3) is 5.50. The van der Waals surface area contributed by atoms with Gasteiger partial charge in [0.05, 0.1) is 5.52 Å². The average Bonchev–Trinajstić information content (AvgIpc) is 3.04. The van der Waals surface area contributed by atoms with Gasteiger partial charge in [0, 0.05) is 32.2 Å². The summed E-state index contributed by atoms with van der Waals surface area (Å²) in [4.78, 5) is 37.6. The number of carbonyl (C=O) groups is 3. The monoisotopic (exact) mass is 480 g/mol. The lowest BCUT2D eigenvalue weighted by atomic mass is 10.2. The van der Waals surface area contributed by atoms with E-state index >= 15 is 0 Å². The molecule has 3 rings (SSSR count). The van der Waals surface area contributed by atoms with Crippen molar-refractivity contribution in [1.82, 2.24) is 9.99 Å². The quantitative estimate of drug-likeness (QED) is 0.455. The van der Waals surface area contributed by atoms with Gasteiger partial charge in [0.25, 0.3) is 5.91 Å². The number of benzene rings is 2. The summed E-state index contributed by atoms with van der Waals surface area (Å²) in [5, 5.41) is 7.03. The van der Waals surface area contributed by atoms with Crippen molar-refractivity contribution in [3.63, 3.8) is 0 Å². The molecule has 0 spiro atoms. The summed E-state index contributed by atoms with van der Waals surface area (Å²) in [7, 11) is 0. The van der Waals surface area contributed by atoms with Gasteiger partial charge in [-0.05, 0) is 55.8 Å². The molecule has 3 aromatic rings. The van der Waals surface area contributed by atoms with Crippen molar-refractivity contribution < 1.29 is 14.4 Å². The summed E-state index contributed by atoms with van der Waals surface area (Å²) in [5.41, 5.74) is 3.43. The first-order valence-corrected chi connectivity index (χ1v) is 10.5. The van der Waals surface area contributed by atoms with Crippen molar-refractivity contribution in [2.75, 3.05) is 10.7 Å². The van der Waals surface area contributed by atoms with E-state index in [0.717, 1.165) is 0 Å². The molecule has 31 heavy (non-hydrogen) atoms. The van der Waals surface area contributed by atoms with E-state index in [4.69, 9.17) is 34.8 Å². The van der Waals surface area contributed by atoms with Crippen LogP contribution < -0.4 is 16.1 Å². The predicted octanol–water partition coefficient (Wildman–Crippen LogP) is 4.84. The van der Waals surface area contributed by atoms with E-state index in [-0.39, 0.29) is 11.7 Å². The molecule has 0 fully saturated rings. The molecule has 0 aliphatic rings. The number of nitrogens with one attached hydrogen (secondary N) is 3.